The highest BCUT2D eigenvalue weighted by Gasteiger charge is 2.33. The number of anilines is 1. The fraction of sp³-hybridized carbons (Fsp3) is 0.222. The van der Waals surface area contributed by atoms with E-state index < -0.39 is 10.0 Å². The van der Waals surface area contributed by atoms with Crippen LogP contribution in [-0.2, 0) is 29.5 Å². The van der Waals surface area contributed by atoms with E-state index in [4.69, 9.17) is 0 Å². The van der Waals surface area contributed by atoms with Crippen molar-refractivity contribution in [1.29, 1.82) is 0 Å². The Morgan fingerprint density at radius 3 is 2.38 bits per heavy atom. The average molecular weight is 473 g/mol. The van der Waals surface area contributed by atoms with E-state index in [1.807, 2.05) is 42.6 Å². The Labute approximate surface area is 200 Å². The summed E-state index contributed by atoms with van der Waals surface area (Å²) in [4.78, 5) is 9.64. The summed E-state index contributed by atoms with van der Waals surface area (Å²) in [6, 6.07) is 26.5. The maximum Gasteiger partial charge on any atom is 0.211 e. The average Bonchev–Trinajstić information content (AvgIpc) is 3.30. The van der Waals surface area contributed by atoms with E-state index in [1.54, 1.807) is 10.6 Å². The van der Waals surface area contributed by atoms with Gasteiger partial charge in [0, 0.05) is 31.0 Å². The molecular formula is C27H28N4O2S. The quantitative estimate of drug-likeness (QED) is 0.450. The van der Waals surface area contributed by atoms with E-state index >= 15 is 0 Å². The summed E-state index contributed by atoms with van der Waals surface area (Å²) in [7, 11) is -3.44. The van der Waals surface area contributed by atoms with Gasteiger partial charge in [0.2, 0.25) is 10.0 Å². The van der Waals surface area contributed by atoms with Crippen molar-refractivity contribution in [2.75, 3.05) is 17.7 Å². The van der Waals surface area contributed by atoms with Gasteiger partial charge < -0.3 is 9.88 Å². The zero-order valence-corrected chi connectivity index (χ0v) is 19.9. The van der Waals surface area contributed by atoms with Crippen molar-refractivity contribution < 1.29 is 8.42 Å². The van der Waals surface area contributed by atoms with Crippen LogP contribution in [-0.4, -0.2) is 41.5 Å². The Bertz CT molecular complexity index is 1340. The van der Waals surface area contributed by atoms with Gasteiger partial charge in [-0.25, -0.2) is 13.4 Å². The fourth-order valence-electron chi connectivity index (χ4n) is 4.74. The number of rotatable bonds is 6. The van der Waals surface area contributed by atoms with E-state index in [0.717, 1.165) is 33.6 Å². The lowest BCUT2D eigenvalue weighted by molar-refractivity contribution is 0.320. The Morgan fingerprint density at radius 2 is 1.71 bits per heavy atom. The lowest BCUT2D eigenvalue weighted by Crippen LogP contribution is -2.45. The Kier molecular flexibility index (Phi) is 6.22. The summed E-state index contributed by atoms with van der Waals surface area (Å²) in [5, 5.41) is 0. The topological polar surface area (TPSA) is 69.3 Å². The first-order chi connectivity index (χ1) is 16.5. The van der Waals surface area contributed by atoms with Gasteiger partial charge in [-0.1, -0.05) is 66.7 Å². The Morgan fingerprint density at radius 1 is 0.971 bits per heavy atom. The van der Waals surface area contributed by atoms with E-state index in [0.29, 0.717) is 26.1 Å². The third-order valence-corrected chi connectivity index (χ3v) is 7.63. The summed E-state index contributed by atoms with van der Waals surface area (Å²) in [5.74, 6) is 0. The van der Waals surface area contributed by atoms with Crippen molar-refractivity contribution >= 4 is 15.7 Å². The largest absolute Gasteiger partial charge is 0.364 e. The van der Waals surface area contributed by atoms with Crippen molar-refractivity contribution in [1.82, 2.24) is 14.3 Å². The summed E-state index contributed by atoms with van der Waals surface area (Å²) >= 11 is 0. The van der Waals surface area contributed by atoms with E-state index in [9.17, 15) is 8.42 Å². The molecule has 1 atom stereocenters. The molecule has 0 bridgehead atoms. The summed E-state index contributed by atoms with van der Waals surface area (Å²) < 4.78 is 27.7. The molecule has 7 heteroatoms. The second-order valence-corrected chi connectivity index (χ2v) is 10.8. The number of aromatic nitrogens is 2. The lowest BCUT2D eigenvalue weighted by atomic mass is 10.0. The summed E-state index contributed by atoms with van der Waals surface area (Å²) in [6.07, 6.45) is 5.46. The molecule has 0 saturated carbocycles. The van der Waals surface area contributed by atoms with Crippen LogP contribution in [0.15, 0.2) is 91.4 Å². The maximum atomic E-state index is 13.0. The molecule has 0 spiro atoms. The number of aromatic amines is 1. The fourth-order valence-corrected chi connectivity index (χ4v) is 5.80. The van der Waals surface area contributed by atoms with E-state index in [-0.39, 0.29) is 6.04 Å². The van der Waals surface area contributed by atoms with Gasteiger partial charge in [-0.15, -0.1) is 0 Å². The molecule has 3 aromatic carbocycles. The first-order valence-electron chi connectivity index (χ1n) is 11.4. The van der Waals surface area contributed by atoms with Gasteiger partial charge in [0.1, 0.15) is 0 Å². The highest BCUT2D eigenvalue weighted by Crippen LogP contribution is 2.34. The molecule has 1 aliphatic rings. The first-order valence-corrected chi connectivity index (χ1v) is 13.2. The van der Waals surface area contributed by atoms with Crippen LogP contribution in [0.4, 0.5) is 5.69 Å². The molecule has 2 heterocycles. The first kappa shape index (κ1) is 22.4. The number of nitrogens with one attached hydrogen (secondary N) is 1. The number of benzene rings is 3. The second kappa shape index (κ2) is 9.44. The van der Waals surface area contributed by atoms with Crippen LogP contribution < -0.4 is 4.90 Å². The Balaban J connectivity index is 1.58. The molecule has 1 N–H and O–H groups in total. The third kappa shape index (κ3) is 4.90. The van der Waals surface area contributed by atoms with Gasteiger partial charge in [0.15, 0.2) is 0 Å². The molecule has 1 aliphatic heterocycles. The Hall–Kier alpha value is -3.42. The number of H-pyrrole nitrogens is 1. The summed E-state index contributed by atoms with van der Waals surface area (Å²) in [5.41, 5.74) is 6.36. The SMILES string of the molecule is CS(=O)(=O)N1Cc2cc(-c3ccccc3)ccc2N(Cc2cnc[nH]2)C[C@@H]1Cc1ccccc1. The molecular weight excluding hydrogens is 444 g/mol. The molecule has 6 nitrogen and oxygen atoms in total. The lowest BCUT2D eigenvalue weighted by Gasteiger charge is -2.31. The minimum Gasteiger partial charge on any atom is -0.364 e. The van der Waals surface area contributed by atoms with Crippen LogP contribution in [0.5, 0.6) is 0 Å². The molecule has 0 aliphatic carbocycles. The number of imidazole rings is 1. The van der Waals surface area contributed by atoms with Crippen LogP contribution in [0.1, 0.15) is 16.8 Å². The number of sulfonamides is 1. The van der Waals surface area contributed by atoms with Crippen molar-refractivity contribution in [3.8, 4) is 11.1 Å². The normalized spacial score (nSPS) is 16.7. The van der Waals surface area contributed by atoms with Crippen molar-refractivity contribution in [3.63, 3.8) is 0 Å². The molecule has 0 unspecified atom stereocenters. The van der Waals surface area contributed by atoms with Crippen molar-refractivity contribution in [3.05, 3.63) is 108 Å². The minimum atomic E-state index is -3.44. The van der Waals surface area contributed by atoms with Crippen LogP contribution in [0.25, 0.3) is 11.1 Å². The predicted octanol–water partition coefficient (Wildman–Crippen LogP) is 4.47. The standard InChI is InChI=1S/C27H28N4O2S/c1-34(32,33)31-17-24-15-23(22-10-6-3-7-11-22)12-13-27(24)30(18-25-16-28-20-29-25)19-26(31)14-21-8-4-2-5-9-21/h2-13,15-16,20,26H,14,17-19H2,1H3,(H,28,29)/t26-/m0/s1. The van der Waals surface area contributed by atoms with Gasteiger partial charge in [-0.2, -0.15) is 4.31 Å². The van der Waals surface area contributed by atoms with Crippen molar-refractivity contribution in [2.45, 2.75) is 25.6 Å². The molecule has 1 aromatic heterocycles. The molecule has 174 valence electrons. The molecule has 0 fully saturated rings. The number of fused-ring (bicyclic) bond motifs is 1. The number of hydrogen-bond acceptors (Lipinski definition) is 4. The van der Waals surface area contributed by atoms with Crippen LogP contribution in [0.2, 0.25) is 0 Å². The predicted molar refractivity (Wildman–Crippen MR) is 136 cm³/mol. The molecule has 0 radical (unpaired) electrons. The van der Waals surface area contributed by atoms with Crippen LogP contribution in [0.3, 0.4) is 0 Å². The van der Waals surface area contributed by atoms with E-state index in [1.165, 1.54) is 6.26 Å². The zero-order valence-electron chi connectivity index (χ0n) is 19.1. The van der Waals surface area contributed by atoms with Gasteiger partial charge in [0.05, 0.1) is 24.8 Å². The smallest absolute Gasteiger partial charge is 0.211 e. The zero-order chi connectivity index (χ0) is 23.5. The third-order valence-electron chi connectivity index (χ3n) is 6.35. The highest BCUT2D eigenvalue weighted by molar-refractivity contribution is 7.88. The van der Waals surface area contributed by atoms with Crippen LogP contribution >= 0.6 is 0 Å². The number of nitrogens with zero attached hydrogens (tertiary/aromatic N) is 3. The highest BCUT2D eigenvalue weighted by atomic mass is 32.2. The molecule has 0 saturated heterocycles. The molecule has 34 heavy (non-hydrogen) atoms. The number of hydrogen-bond donors (Lipinski definition) is 1. The molecule has 5 rings (SSSR count). The summed E-state index contributed by atoms with van der Waals surface area (Å²) in [6.45, 7) is 1.55. The van der Waals surface area contributed by atoms with Crippen LogP contribution in [0, 0.1) is 0 Å². The van der Waals surface area contributed by atoms with Gasteiger partial charge in [0.25, 0.3) is 0 Å². The van der Waals surface area contributed by atoms with Gasteiger partial charge >= 0.3 is 0 Å². The monoisotopic (exact) mass is 472 g/mol. The molecule has 0 amide bonds. The second-order valence-electron chi connectivity index (χ2n) is 8.82. The minimum absolute atomic E-state index is 0.201. The van der Waals surface area contributed by atoms with E-state index in [2.05, 4.69) is 57.3 Å². The maximum absolute atomic E-state index is 13.0. The van der Waals surface area contributed by atoms with Gasteiger partial charge in [-0.3, -0.25) is 0 Å². The molecule has 4 aromatic rings. The van der Waals surface area contributed by atoms with Gasteiger partial charge in [-0.05, 0) is 40.8 Å². The van der Waals surface area contributed by atoms with Crippen molar-refractivity contribution in [2.24, 2.45) is 0 Å².